The van der Waals surface area contributed by atoms with Crippen LogP contribution < -0.4 is 5.32 Å². The van der Waals surface area contributed by atoms with Crippen molar-refractivity contribution in [2.45, 2.75) is 31.4 Å². The maximum atomic E-state index is 11.0. The van der Waals surface area contributed by atoms with Gasteiger partial charge in [0.15, 0.2) is 0 Å². The van der Waals surface area contributed by atoms with Crippen LogP contribution in [0, 0.1) is 17.0 Å². The summed E-state index contributed by atoms with van der Waals surface area (Å²) in [4.78, 5) is 14.7. The summed E-state index contributed by atoms with van der Waals surface area (Å²) in [5, 5.41) is 14.1. The summed E-state index contributed by atoms with van der Waals surface area (Å²) in [5.74, 6) is 1.54. The smallest absolute Gasteiger partial charge is 0.311 e. The Kier molecular flexibility index (Phi) is 3.75. The summed E-state index contributed by atoms with van der Waals surface area (Å²) in [6.07, 6.45) is 4.01. The van der Waals surface area contributed by atoms with Crippen LogP contribution in [0.15, 0.2) is 12.3 Å². The van der Waals surface area contributed by atoms with Crippen molar-refractivity contribution in [1.29, 1.82) is 0 Å². The summed E-state index contributed by atoms with van der Waals surface area (Å²) >= 11 is 1.92. The topological polar surface area (TPSA) is 68.1 Å². The molecule has 0 radical (unpaired) electrons. The Hall–Kier alpha value is -1.30. The fourth-order valence-electron chi connectivity index (χ4n) is 2.08. The molecule has 1 fully saturated rings. The molecule has 5 nitrogen and oxygen atoms in total. The summed E-state index contributed by atoms with van der Waals surface area (Å²) < 4.78 is 0.167. The third-order valence-electron chi connectivity index (χ3n) is 3.13. The van der Waals surface area contributed by atoms with Gasteiger partial charge in [0, 0.05) is 23.6 Å². The van der Waals surface area contributed by atoms with Crippen molar-refractivity contribution in [2.24, 2.45) is 0 Å². The number of aromatic nitrogens is 1. The highest BCUT2D eigenvalue weighted by Crippen LogP contribution is 2.38. The van der Waals surface area contributed by atoms with E-state index in [2.05, 4.69) is 17.2 Å². The van der Waals surface area contributed by atoms with Crippen molar-refractivity contribution >= 4 is 23.3 Å². The molecule has 1 saturated heterocycles. The second kappa shape index (κ2) is 5.14. The molecule has 0 aromatic carbocycles. The van der Waals surface area contributed by atoms with Gasteiger partial charge in [-0.15, -0.1) is 0 Å². The Bertz CT molecular complexity index is 459. The quantitative estimate of drug-likeness (QED) is 0.671. The number of pyridine rings is 1. The molecule has 0 bridgehead atoms. The lowest BCUT2D eigenvalue weighted by molar-refractivity contribution is -0.384. The van der Waals surface area contributed by atoms with Gasteiger partial charge >= 0.3 is 5.69 Å². The molecule has 1 aliphatic rings. The van der Waals surface area contributed by atoms with Crippen LogP contribution in [0.2, 0.25) is 0 Å². The van der Waals surface area contributed by atoms with E-state index in [-0.39, 0.29) is 15.4 Å². The first-order valence-corrected chi connectivity index (χ1v) is 6.98. The van der Waals surface area contributed by atoms with E-state index in [1.54, 1.807) is 19.2 Å². The van der Waals surface area contributed by atoms with Crippen molar-refractivity contribution in [3.63, 3.8) is 0 Å². The fourth-order valence-corrected chi connectivity index (χ4v) is 3.32. The number of rotatable bonds is 4. The zero-order chi connectivity index (χ0) is 13.2. The van der Waals surface area contributed by atoms with Gasteiger partial charge in [0.05, 0.1) is 4.92 Å². The van der Waals surface area contributed by atoms with Crippen LogP contribution in [0.25, 0.3) is 0 Å². The molecular weight excluding hydrogens is 250 g/mol. The minimum Gasteiger partial charge on any atom is -0.363 e. The zero-order valence-corrected chi connectivity index (χ0v) is 11.4. The highest BCUT2D eigenvalue weighted by Gasteiger charge is 2.30. The lowest BCUT2D eigenvalue weighted by atomic mass is 10.1. The Balaban J connectivity index is 2.11. The summed E-state index contributed by atoms with van der Waals surface area (Å²) in [6, 6.07) is 1.56. The average Bonchev–Trinajstić information content (AvgIpc) is 2.75. The van der Waals surface area contributed by atoms with E-state index in [1.165, 1.54) is 12.2 Å². The van der Waals surface area contributed by atoms with Crippen molar-refractivity contribution in [3.05, 3.63) is 27.9 Å². The van der Waals surface area contributed by atoms with E-state index in [0.717, 1.165) is 12.0 Å². The second-order valence-electron chi connectivity index (χ2n) is 4.89. The maximum absolute atomic E-state index is 11.0. The van der Waals surface area contributed by atoms with Crippen LogP contribution in [0.4, 0.5) is 11.5 Å². The van der Waals surface area contributed by atoms with Crippen LogP contribution >= 0.6 is 11.8 Å². The first kappa shape index (κ1) is 13.1. The third kappa shape index (κ3) is 2.93. The number of nitro groups is 1. The lowest BCUT2D eigenvalue weighted by Gasteiger charge is -2.23. The SMILES string of the molecule is Cc1cnc(NCC2(C)CCCS2)c([N+](=O)[O-])c1. The van der Waals surface area contributed by atoms with Gasteiger partial charge in [0.1, 0.15) is 0 Å². The van der Waals surface area contributed by atoms with E-state index in [0.29, 0.717) is 12.4 Å². The highest BCUT2D eigenvalue weighted by molar-refractivity contribution is 8.00. The number of anilines is 1. The van der Waals surface area contributed by atoms with Crippen molar-refractivity contribution in [3.8, 4) is 0 Å². The van der Waals surface area contributed by atoms with Gasteiger partial charge in [-0.2, -0.15) is 11.8 Å². The first-order chi connectivity index (χ1) is 8.50. The van der Waals surface area contributed by atoms with Gasteiger partial charge in [-0.1, -0.05) is 0 Å². The predicted octanol–water partition coefficient (Wildman–Crippen LogP) is 3.00. The lowest BCUT2D eigenvalue weighted by Crippen LogP contribution is -2.27. The van der Waals surface area contributed by atoms with Crippen molar-refractivity contribution in [2.75, 3.05) is 17.6 Å². The summed E-state index contributed by atoms with van der Waals surface area (Å²) in [6.45, 7) is 4.71. The molecule has 2 heterocycles. The number of thioether (sulfide) groups is 1. The van der Waals surface area contributed by atoms with Crippen molar-refractivity contribution < 1.29 is 4.92 Å². The predicted molar refractivity (Wildman–Crippen MR) is 74.2 cm³/mol. The van der Waals surface area contributed by atoms with E-state index < -0.39 is 0 Å². The van der Waals surface area contributed by atoms with Crippen LogP contribution in [0.3, 0.4) is 0 Å². The third-order valence-corrected chi connectivity index (χ3v) is 4.67. The van der Waals surface area contributed by atoms with Gasteiger partial charge in [-0.3, -0.25) is 10.1 Å². The standard InChI is InChI=1S/C12H17N3O2S/c1-9-6-10(15(16)17)11(13-7-9)14-8-12(2)4-3-5-18-12/h6-7H,3-5,8H2,1-2H3,(H,13,14). The molecule has 1 aromatic heterocycles. The number of nitrogens with one attached hydrogen (secondary N) is 1. The molecule has 0 amide bonds. The Morgan fingerprint density at radius 3 is 3.06 bits per heavy atom. The number of hydrogen-bond acceptors (Lipinski definition) is 5. The van der Waals surface area contributed by atoms with E-state index in [1.807, 2.05) is 11.8 Å². The second-order valence-corrected chi connectivity index (χ2v) is 6.58. The molecule has 0 aliphatic carbocycles. The van der Waals surface area contributed by atoms with Crippen molar-refractivity contribution in [1.82, 2.24) is 4.98 Å². The minimum atomic E-state index is -0.382. The van der Waals surface area contributed by atoms with Crippen LogP contribution in [-0.4, -0.2) is 27.0 Å². The Morgan fingerprint density at radius 1 is 1.67 bits per heavy atom. The molecule has 1 aromatic rings. The molecule has 1 unspecified atom stereocenters. The Labute approximate surface area is 111 Å². The van der Waals surface area contributed by atoms with Gasteiger partial charge in [-0.25, -0.2) is 4.98 Å². The molecule has 6 heteroatoms. The normalized spacial score (nSPS) is 23.0. The number of hydrogen-bond donors (Lipinski definition) is 1. The van der Waals surface area contributed by atoms with E-state index in [9.17, 15) is 10.1 Å². The summed E-state index contributed by atoms with van der Waals surface area (Å²) in [7, 11) is 0. The molecule has 0 spiro atoms. The first-order valence-electron chi connectivity index (χ1n) is 5.99. The highest BCUT2D eigenvalue weighted by atomic mass is 32.2. The number of nitrogens with zero attached hydrogens (tertiary/aromatic N) is 2. The Morgan fingerprint density at radius 2 is 2.44 bits per heavy atom. The molecular formula is C12H17N3O2S. The van der Waals surface area contributed by atoms with E-state index >= 15 is 0 Å². The molecule has 0 saturated carbocycles. The average molecular weight is 267 g/mol. The molecule has 1 N–H and O–H groups in total. The largest absolute Gasteiger partial charge is 0.363 e. The van der Waals surface area contributed by atoms with Gasteiger partial charge in [0.2, 0.25) is 5.82 Å². The maximum Gasteiger partial charge on any atom is 0.311 e. The molecule has 1 atom stereocenters. The fraction of sp³-hybridized carbons (Fsp3) is 0.583. The molecule has 1 aliphatic heterocycles. The van der Waals surface area contributed by atoms with Crippen LogP contribution in [0.5, 0.6) is 0 Å². The van der Waals surface area contributed by atoms with Gasteiger partial charge < -0.3 is 5.32 Å². The monoisotopic (exact) mass is 267 g/mol. The van der Waals surface area contributed by atoms with Crippen LogP contribution in [0.1, 0.15) is 25.3 Å². The molecule has 18 heavy (non-hydrogen) atoms. The number of aryl methyl sites for hydroxylation is 1. The van der Waals surface area contributed by atoms with Crippen LogP contribution in [-0.2, 0) is 0 Å². The summed E-state index contributed by atoms with van der Waals surface area (Å²) in [5.41, 5.74) is 0.857. The molecule has 2 rings (SSSR count). The zero-order valence-electron chi connectivity index (χ0n) is 10.6. The van der Waals surface area contributed by atoms with Gasteiger partial charge in [0.25, 0.3) is 0 Å². The molecule has 98 valence electrons. The van der Waals surface area contributed by atoms with Gasteiger partial charge in [-0.05, 0) is 38.0 Å². The minimum absolute atomic E-state index is 0.0570. The van der Waals surface area contributed by atoms with E-state index in [4.69, 9.17) is 0 Å².